The SMILES string of the molecule is [B]C1CN=C(Br)CC(N(C)N)C1N. The average molecular weight is 245 g/mol. The van der Waals surface area contributed by atoms with E-state index in [1.54, 1.807) is 12.1 Å². The summed E-state index contributed by atoms with van der Waals surface area (Å²) in [4.78, 5) is 4.23. The van der Waals surface area contributed by atoms with Gasteiger partial charge in [0.1, 0.15) is 0 Å². The van der Waals surface area contributed by atoms with E-state index in [1.807, 2.05) is 0 Å². The second-order valence-corrected chi connectivity index (χ2v) is 4.31. The molecule has 0 amide bonds. The van der Waals surface area contributed by atoms with Crippen molar-refractivity contribution >= 4 is 28.4 Å². The molecule has 13 heavy (non-hydrogen) atoms. The first-order chi connectivity index (χ1) is 6.02. The van der Waals surface area contributed by atoms with E-state index < -0.39 is 0 Å². The molecule has 1 heterocycles. The van der Waals surface area contributed by atoms with E-state index in [0.717, 1.165) is 11.0 Å². The molecule has 0 fully saturated rings. The lowest BCUT2D eigenvalue weighted by molar-refractivity contribution is 0.220. The number of hydrogen-bond acceptors (Lipinski definition) is 4. The van der Waals surface area contributed by atoms with Gasteiger partial charge in [-0.15, -0.1) is 0 Å². The molecule has 4 nitrogen and oxygen atoms in total. The van der Waals surface area contributed by atoms with Gasteiger partial charge in [0.2, 0.25) is 0 Å². The van der Waals surface area contributed by atoms with E-state index in [0.29, 0.717) is 6.54 Å². The lowest BCUT2D eigenvalue weighted by Gasteiger charge is -2.30. The summed E-state index contributed by atoms with van der Waals surface area (Å²) >= 11 is 3.36. The molecule has 1 aliphatic rings. The van der Waals surface area contributed by atoms with E-state index in [1.165, 1.54) is 0 Å². The molecule has 0 saturated carbocycles. The van der Waals surface area contributed by atoms with Crippen molar-refractivity contribution in [2.75, 3.05) is 13.6 Å². The highest BCUT2D eigenvalue weighted by atomic mass is 79.9. The quantitative estimate of drug-likeness (QED) is 0.376. The smallest absolute Gasteiger partial charge is 0.0790 e. The van der Waals surface area contributed by atoms with E-state index in [2.05, 4.69) is 20.9 Å². The van der Waals surface area contributed by atoms with Crippen LogP contribution in [0.2, 0.25) is 5.82 Å². The number of nitrogens with two attached hydrogens (primary N) is 2. The number of likely N-dealkylation sites (N-methyl/N-ethyl adjacent to an activating group) is 1. The maximum atomic E-state index is 5.94. The number of nitrogens with zero attached hydrogens (tertiary/aromatic N) is 2. The van der Waals surface area contributed by atoms with Crippen LogP contribution in [0, 0.1) is 0 Å². The Kier molecular flexibility index (Phi) is 3.91. The molecule has 0 aromatic rings. The Balaban J connectivity index is 2.75. The van der Waals surface area contributed by atoms with Crippen LogP contribution in [0.5, 0.6) is 0 Å². The zero-order valence-electron chi connectivity index (χ0n) is 7.65. The maximum Gasteiger partial charge on any atom is 0.0790 e. The van der Waals surface area contributed by atoms with Crippen LogP contribution in [-0.4, -0.2) is 43.2 Å². The molecule has 0 spiro atoms. The molecule has 2 radical (unpaired) electrons. The maximum absolute atomic E-state index is 5.94. The first kappa shape index (κ1) is 11.2. The van der Waals surface area contributed by atoms with Crippen LogP contribution >= 0.6 is 15.9 Å². The van der Waals surface area contributed by atoms with Crippen LogP contribution in [0.1, 0.15) is 6.42 Å². The molecule has 1 aliphatic heterocycles. The Morgan fingerprint density at radius 2 is 2.31 bits per heavy atom. The summed E-state index contributed by atoms with van der Waals surface area (Å²) in [5, 5.41) is 1.60. The van der Waals surface area contributed by atoms with Gasteiger partial charge in [-0.1, -0.05) is 0 Å². The molecule has 0 aromatic carbocycles. The summed E-state index contributed by atoms with van der Waals surface area (Å²) in [6.07, 6.45) is 0.724. The third kappa shape index (κ3) is 2.77. The van der Waals surface area contributed by atoms with Gasteiger partial charge in [-0.25, -0.2) is 5.01 Å². The predicted octanol–water partition coefficient (Wildman–Crippen LogP) is -0.358. The second kappa shape index (κ2) is 4.55. The molecule has 3 atom stereocenters. The Morgan fingerprint density at radius 1 is 1.69 bits per heavy atom. The zero-order chi connectivity index (χ0) is 10.0. The van der Waals surface area contributed by atoms with E-state index >= 15 is 0 Å². The van der Waals surface area contributed by atoms with Crippen molar-refractivity contribution in [3.05, 3.63) is 0 Å². The molecular weight excluding hydrogens is 231 g/mol. The van der Waals surface area contributed by atoms with Crippen LogP contribution < -0.4 is 11.6 Å². The lowest BCUT2D eigenvalue weighted by Crippen LogP contribution is -2.51. The molecule has 6 heteroatoms. The minimum absolute atomic E-state index is 0.0515. The topological polar surface area (TPSA) is 67.6 Å². The van der Waals surface area contributed by atoms with Gasteiger partial charge in [0, 0.05) is 32.1 Å². The summed E-state index contributed by atoms with van der Waals surface area (Å²) < 4.78 is 0.887. The third-order valence-electron chi connectivity index (χ3n) is 2.31. The molecule has 4 N–H and O–H groups in total. The normalized spacial score (nSPS) is 35.8. The Bertz CT molecular complexity index is 209. The van der Waals surface area contributed by atoms with Crippen LogP contribution in [0.25, 0.3) is 0 Å². The number of aliphatic imine (C=N–C) groups is 1. The molecule has 0 bridgehead atoms. The van der Waals surface area contributed by atoms with Gasteiger partial charge in [-0.3, -0.25) is 10.8 Å². The van der Waals surface area contributed by atoms with Crippen LogP contribution in [0.4, 0.5) is 0 Å². The van der Waals surface area contributed by atoms with Gasteiger partial charge < -0.3 is 5.73 Å². The van der Waals surface area contributed by atoms with Crippen molar-refractivity contribution in [1.82, 2.24) is 5.01 Å². The number of rotatable bonds is 1. The largest absolute Gasteiger partial charge is 0.327 e. The highest BCUT2D eigenvalue weighted by molar-refractivity contribution is 9.18. The lowest BCUT2D eigenvalue weighted by atomic mass is 9.78. The Hall–Kier alpha value is 0.0949. The van der Waals surface area contributed by atoms with Gasteiger partial charge in [-0.05, 0) is 21.7 Å². The molecule has 72 valence electrons. The molecule has 3 unspecified atom stereocenters. The van der Waals surface area contributed by atoms with Crippen molar-refractivity contribution in [1.29, 1.82) is 0 Å². The average Bonchev–Trinajstić information content (AvgIpc) is 2.18. The van der Waals surface area contributed by atoms with Crippen LogP contribution in [0.15, 0.2) is 4.99 Å². The number of halogens is 1. The van der Waals surface area contributed by atoms with Crippen LogP contribution in [0.3, 0.4) is 0 Å². The standard InChI is InChI=1S/C7H14BBrN4/c1-13(11)5-2-6(9)12-3-4(8)7(5)10/h4-5,7H,2-3,10-11H2,1H3. The van der Waals surface area contributed by atoms with Crippen LogP contribution in [-0.2, 0) is 0 Å². The second-order valence-electron chi connectivity index (χ2n) is 3.40. The van der Waals surface area contributed by atoms with Gasteiger partial charge >= 0.3 is 0 Å². The molecule has 0 saturated heterocycles. The fraction of sp³-hybridized carbons (Fsp3) is 0.857. The molecule has 1 rings (SSSR count). The molecule has 0 aliphatic carbocycles. The summed E-state index contributed by atoms with van der Waals surface area (Å²) in [6, 6.07) is -0.0792. The zero-order valence-corrected chi connectivity index (χ0v) is 9.24. The monoisotopic (exact) mass is 244 g/mol. The third-order valence-corrected chi connectivity index (χ3v) is 2.89. The van der Waals surface area contributed by atoms with Gasteiger partial charge in [0.25, 0.3) is 0 Å². The minimum atomic E-state index is -0.131. The summed E-state index contributed by atoms with van der Waals surface area (Å²) in [5.74, 6) is 5.55. The highest BCUT2D eigenvalue weighted by Gasteiger charge is 2.28. The van der Waals surface area contributed by atoms with Crippen molar-refractivity contribution in [2.45, 2.75) is 24.3 Å². The fourth-order valence-electron chi connectivity index (χ4n) is 1.40. The van der Waals surface area contributed by atoms with E-state index in [4.69, 9.17) is 19.4 Å². The Labute approximate surface area is 88.2 Å². The van der Waals surface area contributed by atoms with Crippen molar-refractivity contribution in [3.8, 4) is 0 Å². The van der Waals surface area contributed by atoms with Crippen molar-refractivity contribution in [2.24, 2.45) is 16.6 Å². The highest BCUT2D eigenvalue weighted by Crippen LogP contribution is 2.20. The van der Waals surface area contributed by atoms with Crippen molar-refractivity contribution in [3.63, 3.8) is 0 Å². The fourth-order valence-corrected chi connectivity index (χ4v) is 1.88. The van der Waals surface area contributed by atoms with E-state index in [9.17, 15) is 0 Å². The van der Waals surface area contributed by atoms with E-state index in [-0.39, 0.29) is 17.9 Å². The first-order valence-electron chi connectivity index (χ1n) is 4.20. The number of hydrazine groups is 1. The number of hydrogen-bond donors (Lipinski definition) is 2. The van der Waals surface area contributed by atoms with Gasteiger partial charge in [0.05, 0.1) is 12.5 Å². The summed E-state index contributed by atoms with van der Waals surface area (Å²) in [7, 11) is 7.63. The molecule has 0 aromatic heterocycles. The molecular formula is C7H14BBrN4. The van der Waals surface area contributed by atoms with Gasteiger partial charge in [0.15, 0.2) is 0 Å². The predicted molar refractivity (Wildman–Crippen MR) is 59.1 cm³/mol. The summed E-state index contributed by atoms with van der Waals surface area (Å²) in [6.45, 7) is 0.562. The first-order valence-corrected chi connectivity index (χ1v) is 4.99. The summed E-state index contributed by atoms with van der Waals surface area (Å²) in [5.41, 5.74) is 5.94. The van der Waals surface area contributed by atoms with Gasteiger partial charge in [-0.2, -0.15) is 0 Å². The minimum Gasteiger partial charge on any atom is -0.327 e. The Morgan fingerprint density at radius 3 is 2.85 bits per heavy atom. The van der Waals surface area contributed by atoms with Crippen molar-refractivity contribution < 1.29 is 0 Å².